The Kier molecular flexibility index (Phi) is 11.8. The van der Waals surface area contributed by atoms with Gasteiger partial charge < -0.3 is 29.2 Å². The zero-order valence-corrected chi connectivity index (χ0v) is 21.6. The van der Waals surface area contributed by atoms with Crippen LogP contribution in [0, 0.1) is 5.92 Å². The highest BCUT2D eigenvalue weighted by Gasteiger charge is 2.22. The zero-order chi connectivity index (χ0) is 22.1. The molecular weight excluding hydrogens is 515 g/mol. The van der Waals surface area contributed by atoms with E-state index in [1.165, 1.54) is 7.11 Å². The number of methoxy groups -OCH3 is 4. The van der Waals surface area contributed by atoms with E-state index in [4.69, 9.17) is 18.9 Å². The van der Waals surface area contributed by atoms with Crippen LogP contribution in [0.3, 0.4) is 0 Å². The molecule has 1 N–H and O–H groups in total. The van der Waals surface area contributed by atoms with Gasteiger partial charge in [-0.25, -0.2) is 0 Å². The van der Waals surface area contributed by atoms with Crippen molar-refractivity contribution in [2.45, 2.75) is 13.5 Å². The maximum absolute atomic E-state index is 11.6. The number of piperazine rings is 1. The Labute approximate surface area is 202 Å². The Morgan fingerprint density at radius 2 is 1.65 bits per heavy atom. The number of nitrogens with one attached hydrogen (secondary N) is 1. The van der Waals surface area contributed by atoms with Crippen molar-refractivity contribution in [3.63, 3.8) is 0 Å². The largest absolute Gasteiger partial charge is 0.493 e. The van der Waals surface area contributed by atoms with Gasteiger partial charge in [0.15, 0.2) is 17.5 Å². The lowest BCUT2D eigenvalue weighted by Gasteiger charge is -2.36. The minimum absolute atomic E-state index is 0. The van der Waals surface area contributed by atoms with Crippen molar-refractivity contribution in [3.05, 3.63) is 17.7 Å². The first kappa shape index (κ1) is 27.1. The third kappa shape index (κ3) is 7.30. The highest BCUT2D eigenvalue weighted by molar-refractivity contribution is 14.0. The quantitative estimate of drug-likeness (QED) is 0.227. The van der Waals surface area contributed by atoms with Gasteiger partial charge in [0.1, 0.15) is 0 Å². The maximum Gasteiger partial charge on any atom is 0.310 e. The standard InChI is InChI=1S/C21H34N4O5.HI/c1-15(20(26)30-6)13-23-21(22-2)25-9-7-24(8-10-25)14-16-11-17(27-3)19(29-5)18(12-16)28-4;/h11-12,15H,7-10,13-14H2,1-6H3,(H,22,23);1H. The highest BCUT2D eigenvalue weighted by atomic mass is 127. The van der Waals surface area contributed by atoms with Crippen LogP contribution in [-0.4, -0.2) is 89.9 Å². The number of hydrogen-bond acceptors (Lipinski definition) is 7. The van der Waals surface area contributed by atoms with Gasteiger partial charge in [-0.3, -0.25) is 14.7 Å². The van der Waals surface area contributed by atoms with Gasteiger partial charge in [-0.2, -0.15) is 0 Å². The van der Waals surface area contributed by atoms with Gasteiger partial charge in [0.2, 0.25) is 5.75 Å². The number of carbonyl (C=O) groups is 1. The summed E-state index contributed by atoms with van der Waals surface area (Å²) in [5, 5.41) is 3.27. The van der Waals surface area contributed by atoms with Gasteiger partial charge in [-0.15, -0.1) is 24.0 Å². The number of nitrogens with zero attached hydrogens (tertiary/aromatic N) is 3. The van der Waals surface area contributed by atoms with E-state index in [-0.39, 0.29) is 35.9 Å². The van der Waals surface area contributed by atoms with E-state index in [9.17, 15) is 4.79 Å². The van der Waals surface area contributed by atoms with Crippen molar-refractivity contribution >= 4 is 35.9 Å². The molecule has 0 spiro atoms. The molecule has 0 radical (unpaired) electrons. The van der Waals surface area contributed by atoms with E-state index in [1.54, 1.807) is 28.4 Å². The number of benzene rings is 1. The van der Waals surface area contributed by atoms with Crippen LogP contribution in [0.5, 0.6) is 17.2 Å². The van der Waals surface area contributed by atoms with Crippen molar-refractivity contribution in [3.8, 4) is 17.2 Å². The molecule has 2 rings (SSSR count). The molecule has 0 saturated carbocycles. The zero-order valence-electron chi connectivity index (χ0n) is 19.3. The molecule has 9 nitrogen and oxygen atoms in total. The molecule has 0 amide bonds. The fourth-order valence-electron chi connectivity index (χ4n) is 3.46. The molecule has 176 valence electrons. The fourth-order valence-corrected chi connectivity index (χ4v) is 3.46. The minimum Gasteiger partial charge on any atom is -0.493 e. The molecule has 0 aromatic heterocycles. The average Bonchev–Trinajstić information content (AvgIpc) is 2.78. The lowest BCUT2D eigenvalue weighted by atomic mass is 10.1. The maximum atomic E-state index is 11.6. The summed E-state index contributed by atoms with van der Waals surface area (Å²) in [6.45, 7) is 6.59. The van der Waals surface area contributed by atoms with Gasteiger partial charge in [0.05, 0.1) is 34.4 Å². The molecular formula is C21H35IN4O5. The van der Waals surface area contributed by atoms with Gasteiger partial charge in [-0.1, -0.05) is 6.92 Å². The summed E-state index contributed by atoms with van der Waals surface area (Å²) >= 11 is 0. The minimum atomic E-state index is -0.229. The Hall–Kier alpha value is -1.95. The summed E-state index contributed by atoms with van der Waals surface area (Å²) in [5.41, 5.74) is 1.10. The summed E-state index contributed by atoms with van der Waals surface area (Å²) < 4.78 is 21.1. The molecule has 1 saturated heterocycles. The molecule has 1 fully saturated rings. The Balaban J connectivity index is 0.00000480. The number of guanidine groups is 1. The second kappa shape index (κ2) is 13.5. The molecule has 1 atom stereocenters. The molecule has 1 aromatic rings. The number of halogens is 1. The van der Waals surface area contributed by atoms with E-state index in [0.29, 0.717) is 23.8 Å². The van der Waals surface area contributed by atoms with Gasteiger partial charge in [-0.05, 0) is 17.7 Å². The van der Waals surface area contributed by atoms with E-state index < -0.39 is 0 Å². The molecule has 10 heteroatoms. The van der Waals surface area contributed by atoms with Crippen molar-refractivity contribution in [2.24, 2.45) is 10.9 Å². The van der Waals surface area contributed by atoms with Crippen LogP contribution in [0.25, 0.3) is 0 Å². The number of hydrogen-bond donors (Lipinski definition) is 1. The summed E-state index contributed by atoms with van der Waals surface area (Å²) in [6.07, 6.45) is 0. The number of rotatable bonds is 8. The van der Waals surface area contributed by atoms with Crippen molar-refractivity contribution in [2.75, 3.05) is 68.2 Å². The Morgan fingerprint density at radius 3 is 2.10 bits per heavy atom. The summed E-state index contributed by atoms with van der Waals surface area (Å²) in [5.74, 6) is 2.27. The number of aliphatic imine (C=N–C) groups is 1. The second-order valence-electron chi connectivity index (χ2n) is 7.15. The normalized spacial score (nSPS) is 15.5. The van der Waals surface area contributed by atoms with Crippen LogP contribution >= 0.6 is 24.0 Å². The molecule has 1 unspecified atom stereocenters. The lowest BCUT2D eigenvalue weighted by Crippen LogP contribution is -2.52. The third-order valence-electron chi connectivity index (χ3n) is 5.18. The van der Waals surface area contributed by atoms with E-state index >= 15 is 0 Å². The Morgan fingerprint density at radius 1 is 1.06 bits per heavy atom. The van der Waals surface area contributed by atoms with Crippen LogP contribution in [0.15, 0.2) is 17.1 Å². The Bertz CT molecular complexity index is 713. The first-order valence-corrected chi connectivity index (χ1v) is 10.0. The number of ether oxygens (including phenoxy) is 4. The van der Waals surface area contributed by atoms with Crippen LogP contribution in [0.1, 0.15) is 12.5 Å². The van der Waals surface area contributed by atoms with Gasteiger partial charge >= 0.3 is 5.97 Å². The lowest BCUT2D eigenvalue weighted by molar-refractivity contribution is -0.144. The topological polar surface area (TPSA) is 84.9 Å². The molecule has 1 heterocycles. The number of carbonyl (C=O) groups excluding carboxylic acids is 1. The summed E-state index contributed by atoms with van der Waals surface area (Å²) in [4.78, 5) is 20.5. The third-order valence-corrected chi connectivity index (χ3v) is 5.18. The van der Waals surface area contributed by atoms with Crippen LogP contribution in [-0.2, 0) is 16.1 Å². The summed E-state index contributed by atoms with van der Waals surface area (Å²) in [6, 6.07) is 3.98. The predicted molar refractivity (Wildman–Crippen MR) is 131 cm³/mol. The van der Waals surface area contributed by atoms with Crippen LogP contribution in [0.2, 0.25) is 0 Å². The van der Waals surface area contributed by atoms with Crippen molar-refractivity contribution in [1.82, 2.24) is 15.1 Å². The molecule has 0 bridgehead atoms. The number of esters is 1. The SMILES string of the molecule is CN=C(NCC(C)C(=O)OC)N1CCN(Cc2cc(OC)c(OC)c(OC)c2)CC1.I. The first-order valence-electron chi connectivity index (χ1n) is 10.0. The molecule has 1 aliphatic heterocycles. The van der Waals surface area contributed by atoms with E-state index in [0.717, 1.165) is 44.2 Å². The van der Waals surface area contributed by atoms with Crippen molar-refractivity contribution < 1.29 is 23.7 Å². The molecule has 31 heavy (non-hydrogen) atoms. The summed E-state index contributed by atoms with van der Waals surface area (Å²) in [7, 11) is 8.01. The predicted octanol–water partition coefficient (Wildman–Crippen LogP) is 1.83. The fraction of sp³-hybridized carbons (Fsp3) is 0.619. The van der Waals surface area contributed by atoms with Crippen LogP contribution in [0.4, 0.5) is 0 Å². The average molecular weight is 550 g/mol. The van der Waals surface area contributed by atoms with Crippen molar-refractivity contribution in [1.29, 1.82) is 0 Å². The molecule has 1 aliphatic rings. The highest BCUT2D eigenvalue weighted by Crippen LogP contribution is 2.38. The smallest absolute Gasteiger partial charge is 0.310 e. The van der Waals surface area contributed by atoms with Crippen LogP contribution < -0.4 is 19.5 Å². The van der Waals surface area contributed by atoms with Gasteiger partial charge in [0.25, 0.3) is 0 Å². The first-order chi connectivity index (χ1) is 14.5. The van der Waals surface area contributed by atoms with Gasteiger partial charge in [0, 0.05) is 46.3 Å². The monoisotopic (exact) mass is 550 g/mol. The van der Waals surface area contributed by atoms with E-state index in [1.807, 2.05) is 19.1 Å². The molecule has 0 aliphatic carbocycles. The van der Waals surface area contributed by atoms with E-state index in [2.05, 4.69) is 20.1 Å². The second-order valence-corrected chi connectivity index (χ2v) is 7.15. The molecule has 1 aromatic carbocycles.